The van der Waals surface area contributed by atoms with Crippen LogP contribution in [0.1, 0.15) is 23.2 Å². The monoisotopic (exact) mass is 337 g/mol. The standard InChI is InChI=1S/C18H27NO5/c20-18(16-4-2-1-3-5-16)24-15-13-22-11-10-21-12-14-23-17-6-8-19-9-7-17/h1-5,17,19H,6-15H2. The van der Waals surface area contributed by atoms with E-state index in [9.17, 15) is 4.79 Å². The van der Waals surface area contributed by atoms with Crippen LogP contribution < -0.4 is 5.32 Å². The largest absolute Gasteiger partial charge is 0.460 e. The number of ether oxygens (including phenoxy) is 4. The highest BCUT2D eigenvalue weighted by molar-refractivity contribution is 5.89. The fraction of sp³-hybridized carbons (Fsp3) is 0.611. The van der Waals surface area contributed by atoms with E-state index in [2.05, 4.69) is 5.32 Å². The number of esters is 1. The van der Waals surface area contributed by atoms with Gasteiger partial charge in [0.25, 0.3) is 0 Å². The molecule has 0 aliphatic carbocycles. The lowest BCUT2D eigenvalue weighted by atomic mass is 10.1. The smallest absolute Gasteiger partial charge is 0.338 e. The van der Waals surface area contributed by atoms with Crippen LogP contribution >= 0.6 is 0 Å². The first kappa shape index (κ1) is 18.9. The van der Waals surface area contributed by atoms with E-state index >= 15 is 0 Å². The van der Waals surface area contributed by atoms with Crippen molar-refractivity contribution in [3.63, 3.8) is 0 Å². The molecule has 1 aliphatic heterocycles. The Morgan fingerprint density at radius 2 is 1.54 bits per heavy atom. The van der Waals surface area contributed by atoms with Gasteiger partial charge in [-0.1, -0.05) is 18.2 Å². The quantitative estimate of drug-likeness (QED) is 0.489. The van der Waals surface area contributed by atoms with Gasteiger partial charge in [0.05, 0.1) is 44.7 Å². The molecule has 134 valence electrons. The minimum Gasteiger partial charge on any atom is -0.460 e. The van der Waals surface area contributed by atoms with Gasteiger partial charge >= 0.3 is 5.97 Å². The zero-order valence-corrected chi connectivity index (χ0v) is 14.1. The van der Waals surface area contributed by atoms with E-state index in [1.165, 1.54) is 0 Å². The third kappa shape index (κ3) is 7.88. The van der Waals surface area contributed by atoms with Crippen molar-refractivity contribution < 1.29 is 23.7 Å². The molecule has 1 heterocycles. The molecular weight excluding hydrogens is 310 g/mol. The summed E-state index contributed by atoms with van der Waals surface area (Å²) >= 11 is 0. The number of hydrogen-bond acceptors (Lipinski definition) is 6. The third-order valence-corrected chi connectivity index (χ3v) is 3.71. The van der Waals surface area contributed by atoms with Crippen LogP contribution in [0, 0.1) is 0 Å². The van der Waals surface area contributed by atoms with Crippen LogP contribution in [0.2, 0.25) is 0 Å². The Morgan fingerprint density at radius 3 is 2.25 bits per heavy atom. The van der Waals surface area contributed by atoms with E-state index in [-0.39, 0.29) is 12.6 Å². The van der Waals surface area contributed by atoms with Crippen LogP contribution in [0.25, 0.3) is 0 Å². The predicted molar refractivity (Wildman–Crippen MR) is 90.2 cm³/mol. The molecule has 1 saturated heterocycles. The number of benzene rings is 1. The third-order valence-electron chi connectivity index (χ3n) is 3.71. The summed E-state index contributed by atoms with van der Waals surface area (Å²) in [6.07, 6.45) is 2.51. The average molecular weight is 337 g/mol. The van der Waals surface area contributed by atoms with Crippen molar-refractivity contribution in [3.05, 3.63) is 35.9 Å². The molecular formula is C18H27NO5. The molecule has 2 rings (SSSR count). The molecule has 6 heteroatoms. The molecule has 1 N–H and O–H groups in total. The summed E-state index contributed by atoms with van der Waals surface area (Å²) in [5.74, 6) is -0.328. The molecule has 24 heavy (non-hydrogen) atoms. The highest BCUT2D eigenvalue weighted by atomic mass is 16.6. The Hall–Kier alpha value is -1.47. The summed E-state index contributed by atoms with van der Waals surface area (Å²) < 4.78 is 21.7. The van der Waals surface area contributed by atoms with Gasteiger partial charge < -0.3 is 24.3 Å². The maximum absolute atomic E-state index is 11.7. The molecule has 0 bridgehead atoms. The number of rotatable bonds is 11. The maximum atomic E-state index is 11.7. The van der Waals surface area contributed by atoms with Gasteiger partial charge in [-0.3, -0.25) is 0 Å². The minimum atomic E-state index is -0.328. The molecule has 0 amide bonds. The zero-order valence-electron chi connectivity index (χ0n) is 14.1. The first-order chi connectivity index (χ1) is 11.9. The number of carbonyl (C=O) groups is 1. The van der Waals surface area contributed by atoms with E-state index in [1.807, 2.05) is 6.07 Å². The highest BCUT2D eigenvalue weighted by Gasteiger charge is 2.12. The van der Waals surface area contributed by atoms with E-state index in [1.54, 1.807) is 24.3 Å². The van der Waals surface area contributed by atoms with Crippen LogP contribution in [0.15, 0.2) is 30.3 Å². The lowest BCUT2D eigenvalue weighted by molar-refractivity contribution is -0.0236. The Balaban J connectivity index is 1.36. The van der Waals surface area contributed by atoms with Crippen LogP contribution in [-0.4, -0.2) is 64.8 Å². The highest BCUT2D eigenvalue weighted by Crippen LogP contribution is 2.06. The van der Waals surface area contributed by atoms with Crippen molar-refractivity contribution in [2.75, 3.05) is 52.7 Å². The van der Waals surface area contributed by atoms with Crippen molar-refractivity contribution in [3.8, 4) is 0 Å². The molecule has 1 aromatic carbocycles. The zero-order chi connectivity index (χ0) is 16.9. The molecule has 0 radical (unpaired) electrons. The first-order valence-electron chi connectivity index (χ1n) is 8.56. The van der Waals surface area contributed by atoms with Crippen molar-refractivity contribution in [1.29, 1.82) is 0 Å². The summed E-state index contributed by atoms with van der Waals surface area (Å²) in [5, 5.41) is 3.31. The molecule has 1 aliphatic rings. The molecule has 0 atom stereocenters. The SMILES string of the molecule is O=C(OCCOCCOCCOC1CCNCC1)c1ccccc1. The Bertz CT molecular complexity index is 448. The summed E-state index contributed by atoms with van der Waals surface area (Å²) in [5.41, 5.74) is 0.551. The van der Waals surface area contributed by atoms with Gasteiger partial charge in [-0.25, -0.2) is 4.79 Å². The molecule has 0 saturated carbocycles. The Kier molecular flexibility index (Phi) is 9.41. The number of hydrogen-bond donors (Lipinski definition) is 1. The maximum Gasteiger partial charge on any atom is 0.338 e. The van der Waals surface area contributed by atoms with Crippen molar-refractivity contribution in [1.82, 2.24) is 5.32 Å². The molecule has 1 aromatic rings. The van der Waals surface area contributed by atoms with Gasteiger partial charge in [-0.15, -0.1) is 0 Å². The van der Waals surface area contributed by atoms with Gasteiger partial charge in [-0.05, 0) is 38.1 Å². The molecule has 0 unspecified atom stereocenters. The molecule has 0 spiro atoms. The van der Waals surface area contributed by atoms with E-state index < -0.39 is 0 Å². The number of carbonyl (C=O) groups excluding carboxylic acids is 1. The molecule has 0 aromatic heterocycles. The van der Waals surface area contributed by atoms with Crippen molar-refractivity contribution in [2.24, 2.45) is 0 Å². The van der Waals surface area contributed by atoms with Gasteiger partial charge in [-0.2, -0.15) is 0 Å². The first-order valence-corrected chi connectivity index (χ1v) is 8.56. The van der Waals surface area contributed by atoms with Crippen LogP contribution in [-0.2, 0) is 18.9 Å². The van der Waals surface area contributed by atoms with Crippen molar-refractivity contribution in [2.45, 2.75) is 18.9 Å². The van der Waals surface area contributed by atoms with E-state index in [0.717, 1.165) is 25.9 Å². The van der Waals surface area contributed by atoms with Gasteiger partial charge in [0.1, 0.15) is 6.61 Å². The molecule has 6 nitrogen and oxygen atoms in total. The lowest BCUT2D eigenvalue weighted by Gasteiger charge is -2.22. The Labute approximate surface area is 143 Å². The fourth-order valence-electron chi connectivity index (χ4n) is 2.41. The second-order valence-corrected chi connectivity index (χ2v) is 5.55. The van der Waals surface area contributed by atoms with E-state index in [0.29, 0.717) is 44.7 Å². The Morgan fingerprint density at radius 1 is 0.917 bits per heavy atom. The molecule has 1 fully saturated rings. The summed E-state index contributed by atoms with van der Waals surface area (Å²) in [6.45, 7) is 4.89. The van der Waals surface area contributed by atoms with Crippen LogP contribution in [0.3, 0.4) is 0 Å². The summed E-state index contributed by atoms with van der Waals surface area (Å²) in [6, 6.07) is 8.92. The minimum absolute atomic E-state index is 0.243. The second kappa shape index (κ2) is 12.0. The van der Waals surface area contributed by atoms with Crippen LogP contribution in [0.5, 0.6) is 0 Å². The normalized spacial score (nSPS) is 15.3. The van der Waals surface area contributed by atoms with E-state index in [4.69, 9.17) is 18.9 Å². The topological polar surface area (TPSA) is 66.0 Å². The summed E-state index contributed by atoms with van der Waals surface area (Å²) in [4.78, 5) is 11.7. The average Bonchev–Trinajstić information content (AvgIpc) is 2.64. The van der Waals surface area contributed by atoms with Crippen LogP contribution in [0.4, 0.5) is 0 Å². The van der Waals surface area contributed by atoms with Crippen molar-refractivity contribution >= 4 is 5.97 Å². The van der Waals surface area contributed by atoms with Gasteiger partial charge in [0.2, 0.25) is 0 Å². The predicted octanol–water partition coefficient (Wildman–Crippen LogP) is 1.65. The number of piperidine rings is 1. The number of nitrogens with one attached hydrogen (secondary N) is 1. The summed E-state index contributed by atoms with van der Waals surface area (Å²) in [7, 11) is 0. The van der Waals surface area contributed by atoms with Gasteiger partial charge in [0, 0.05) is 0 Å². The van der Waals surface area contributed by atoms with Gasteiger partial charge in [0.15, 0.2) is 0 Å². The lowest BCUT2D eigenvalue weighted by Crippen LogP contribution is -2.33. The fourth-order valence-corrected chi connectivity index (χ4v) is 2.41. The second-order valence-electron chi connectivity index (χ2n) is 5.55.